The van der Waals surface area contributed by atoms with Crippen molar-refractivity contribution in [2.45, 2.75) is 25.5 Å². The van der Waals surface area contributed by atoms with Gasteiger partial charge in [-0.3, -0.25) is 4.79 Å². The van der Waals surface area contributed by atoms with E-state index in [9.17, 15) is 9.59 Å². The Kier molecular flexibility index (Phi) is 7.40. The third-order valence-corrected chi connectivity index (χ3v) is 8.83. The van der Waals surface area contributed by atoms with Crippen molar-refractivity contribution in [2.24, 2.45) is 0 Å². The molecule has 0 bridgehead atoms. The Balaban J connectivity index is 1.36. The first-order chi connectivity index (χ1) is 18.0. The molecule has 188 valence electrons. The van der Waals surface area contributed by atoms with Crippen molar-refractivity contribution in [2.75, 3.05) is 18.2 Å². The summed E-state index contributed by atoms with van der Waals surface area (Å²) < 4.78 is 8.27. The second-order valence-electron chi connectivity index (χ2n) is 8.13. The second kappa shape index (κ2) is 10.9. The minimum atomic E-state index is -0.482. The van der Waals surface area contributed by atoms with Crippen LogP contribution in [0, 0.1) is 6.92 Å². The molecule has 0 saturated heterocycles. The van der Waals surface area contributed by atoms with Gasteiger partial charge in [-0.05, 0) is 25.5 Å². The van der Waals surface area contributed by atoms with Gasteiger partial charge in [0, 0.05) is 38.0 Å². The second-order valence-corrected chi connectivity index (χ2v) is 11.2. The minimum absolute atomic E-state index is 0.126. The number of aryl methyl sites for hydroxylation is 1. The molecule has 5 rings (SSSR count). The number of thioether (sulfide) groups is 1. The van der Waals surface area contributed by atoms with E-state index in [1.807, 2.05) is 60.9 Å². The van der Waals surface area contributed by atoms with E-state index in [0.717, 1.165) is 32.8 Å². The van der Waals surface area contributed by atoms with Gasteiger partial charge in [-0.2, -0.15) is 0 Å². The fourth-order valence-electron chi connectivity index (χ4n) is 4.21. The highest BCUT2D eigenvalue weighted by atomic mass is 32.2. The Hall–Kier alpha value is -3.47. The van der Waals surface area contributed by atoms with Crippen molar-refractivity contribution >= 4 is 61.4 Å². The predicted octanol–water partition coefficient (Wildman–Crippen LogP) is 6.73. The Labute approximate surface area is 226 Å². The number of nitrogens with one attached hydrogen (secondary N) is 1. The maximum absolute atomic E-state index is 13.0. The number of aromatic nitrogens is 3. The fourth-order valence-corrected chi connectivity index (χ4v) is 7.03. The van der Waals surface area contributed by atoms with Crippen LogP contribution in [0.15, 0.2) is 65.1 Å². The molecule has 0 aliphatic heterocycles. The lowest BCUT2D eigenvalue weighted by molar-refractivity contribution is -0.113. The number of nitrogens with zero attached hydrogens (tertiary/aromatic N) is 3. The third kappa shape index (κ3) is 4.92. The highest BCUT2D eigenvalue weighted by Gasteiger charge is 2.25. The first kappa shape index (κ1) is 25.2. The molecular formula is C27H24N4O3S3. The number of hydrogen-bond donors (Lipinski definition) is 1. The van der Waals surface area contributed by atoms with Crippen LogP contribution in [0.3, 0.4) is 0 Å². The normalized spacial score (nSPS) is 11.1. The Bertz CT molecular complexity index is 1590. The predicted molar refractivity (Wildman–Crippen MR) is 152 cm³/mol. The Morgan fingerprint density at radius 2 is 1.84 bits per heavy atom. The summed E-state index contributed by atoms with van der Waals surface area (Å²) in [6, 6.07) is 17.8. The van der Waals surface area contributed by atoms with E-state index in [4.69, 9.17) is 4.74 Å². The average Bonchev–Trinajstić information content (AvgIpc) is 3.61. The number of fused-ring (bicyclic) bond motifs is 1. The van der Waals surface area contributed by atoms with Crippen molar-refractivity contribution in [3.63, 3.8) is 0 Å². The van der Waals surface area contributed by atoms with Gasteiger partial charge in [0.25, 0.3) is 0 Å². The van der Waals surface area contributed by atoms with Crippen molar-refractivity contribution in [1.29, 1.82) is 0 Å². The molecule has 0 aliphatic rings. The van der Waals surface area contributed by atoms with Gasteiger partial charge in [-0.15, -0.1) is 32.9 Å². The zero-order chi connectivity index (χ0) is 25.9. The molecule has 10 heteroatoms. The van der Waals surface area contributed by atoms with E-state index in [1.165, 1.54) is 34.9 Å². The number of amides is 1. The fraction of sp³-hybridized carbons (Fsp3) is 0.185. The monoisotopic (exact) mass is 548 g/mol. The summed E-state index contributed by atoms with van der Waals surface area (Å²) in [6.45, 7) is 4.64. The lowest BCUT2D eigenvalue weighted by Gasteiger charge is -2.09. The Morgan fingerprint density at radius 1 is 1.08 bits per heavy atom. The van der Waals surface area contributed by atoms with Crippen molar-refractivity contribution in [3.05, 3.63) is 70.4 Å². The number of methoxy groups -OCH3 is 1. The highest BCUT2D eigenvalue weighted by molar-refractivity contribution is 7.99. The van der Waals surface area contributed by atoms with Crippen LogP contribution in [-0.4, -0.2) is 39.5 Å². The molecule has 1 N–H and O–H groups in total. The number of carbonyl (C=O) groups is 2. The lowest BCUT2D eigenvalue weighted by atomic mass is 10.0. The van der Waals surface area contributed by atoms with Crippen LogP contribution >= 0.6 is 34.4 Å². The van der Waals surface area contributed by atoms with Gasteiger partial charge in [-0.1, -0.05) is 60.3 Å². The molecule has 1 amide bonds. The van der Waals surface area contributed by atoms with Gasteiger partial charge in [0.15, 0.2) is 11.0 Å². The molecule has 5 aromatic rings. The summed E-state index contributed by atoms with van der Waals surface area (Å²) in [4.78, 5) is 26.6. The van der Waals surface area contributed by atoms with Crippen molar-refractivity contribution in [1.82, 2.24) is 14.8 Å². The number of rotatable bonds is 8. The van der Waals surface area contributed by atoms with E-state index >= 15 is 0 Å². The quantitative estimate of drug-likeness (QED) is 0.171. The van der Waals surface area contributed by atoms with Crippen LogP contribution in [0.2, 0.25) is 0 Å². The number of carbonyl (C=O) groups excluding carboxylic acids is 2. The highest BCUT2D eigenvalue weighted by Crippen LogP contribution is 2.40. The van der Waals surface area contributed by atoms with Crippen LogP contribution < -0.4 is 5.32 Å². The average molecular weight is 549 g/mol. The van der Waals surface area contributed by atoms with Crippen LogP contribution in [0.25, 0.3) is 32.6 Å². The molecule has 0 radical (unpaired) electrons. The van der Waals surface area contributed by atoms with Gasteiger partial charge in [0.05, 0.1) is 12.9 Å². The molecule has 0 fully saturated rings. The first-order valence-corrected chi connectivity index (χ1v) is 14.3. The largest absolute Gasteiger partial charge is 0.465 e. The molecule has 0 atom stereocenters. The lowest BCUT2D eigenvalue weighted by Crippen LogP contribution is -2.16. The molecule has 2 aromatic carbocycles. The number of esters is 1. The van der Waals surface area contributed by atoms with Gasteiger partial charge in [0.1, 0.15) is 10.6 Å². The van der Waals surface area contributed by atoms with Crippen molar-refractivity contribution < 1.29 is 14.3 Å². The molecule has 7 nitrogen and oxygen atoms in total. The smallest absolute Gasteiger partial charge is 0.341 e. The molecule has 3 aromatic heterocycles. The van der Waals surface area contributed by atoms with Crippen LogP contribution in [0.4, 0.5) is 5.00 Å². The van der Waals surface area contributed by atoms with E-state index in [1.54, 1.807) is 11.3 Å². The maximum atomic E-state index is 13.0. The summed E-state index contributed by atoms with van der Waals surface area (Å²) in [5, 5.41) is 16.1. The van der Waals surface area contributed by atoms with Crippen LogP contribution in [0.1, 0.15) is 22.2 Å². The maximum Gasteiger partial charge on any atom is 0.341 e. The topological polar surface area (TPSA) is 86.1 Å². The minimum Gasteiger partial charge on any atom is -0.465 e. The SMILES string of the molecule is CCn1c(SCC(=O)Nc2sc(C)c(-c3ccccc3)c2C(=O)OC)nnc1-c1csc2ccccc12. The summed E-state index contributed by atoms with van der Waals surface area (Å²) in [7, 11) is 1.34. The Morgan fingerprint density at radius 3 is 2.59 bits per heavy atom. The zero-order valence-electron chi connectivity index (χ0n) is 20.5. The zero-order valence-corrected chi connectivity index (χ0v) is 22.9. The summed E-state index contributed by atoms with van der Waals surface area (Å²) in [5.41, 5.74) is 3.09. The van der Waals surface area contributed by atoms with Gasteiger partial charge in [-0.25, -0.2) is 4.79 Å². The summed E-state index contributed by atoms with van der Waals surface area (Å²) >= 11 is 4.36. The molecule has 3 heterocycles. The molecule has 0 saturated carbocycles. The van der Waals surface area contributed by atoms with Crippen LogP contribution in [0.5, 0.6) is 0 Å². The van der Waals surface area contributed by atoms with Gasteiger partial charge in [0.2, 0.25) is 5.91 Å². The van der Waals surface area contributed by atoms with E-state index in [0.29, 0.717) is 22.3 Å². The molecule has 0 aliphatic carbocycles. The van der Waals surface area contributed by atoms with Crippen LogP contribution in [-0.2, 0) is 16.1 Å². The number of thiophene rings is 2. The van der Waals surface area contributed by atoms with E-state index < -0.39 is 5.97 Å². The summed E-state index contributed by atoms with van der Waals surface area (Å²) in [5.74, 6) is 0.201. The summed E-state index contributed by atoms with van der Waals surface area (Å²) in [6.07, 6.45) is 0. The van der Waals surface area contributed by atoms with E-state index in [2.05, 4.69) is 33.0 Å². The molecule has 0 unspecified atom stereocenters. The molecule has 0 spiro atoms. The van der Waals surface area contributed by atoms with E-state index in [-0.39, 0.29) is 11.7 Å². The molecular weight excluding hydrogens is 525 g/mol. The van der Waals surface area contributed by atoms with Gasteiger partial charge < -0.3 is 14.6 Å². The molecule has 37 heavy (non-hydrogen) atoms. The van der Waals surface area contributed by atoms with Gasteiger partial charge >= 0.3 is 5.97 Å². The number of anilines is 1. The third-order valence-electron chi connectivity index (χ3n) is 5.88. The first-order valence-electron chi connectivity index (χ1n) is 11.6. The standard InChI is InChI=1S/C27H24N4O3S3/c1-4-31-24(19-14-35-20-13-9-8-12-18(19)20)29-30-27(31)36-15-21(32)28-25-23(26(33)34-3)22(16(2)37-25)17-10-6-5-7-11-17/h5-14H,4,15H2,1-3H3,(H,28,32). The number of ether oxygens (including phenoxy) is 1. The van der Waals surface area contributed by atoms with Crippen molar-refractivity contribution in [3.8, 4) is 22.5 Å². The number of benzene rings is 2. The number of hydrogen-bond acceptors (Lipinski definition) is 8.